The van der Waals surface area contributed by atoms with Crippen molar-refractivity contribution >= 4 is 0 Å². The number of rotatable bonds is 1. The number of allylic oxidation sites excluding steroid dienone is 2. The lowest BCUT2D eigenvalue weighted by Crippen LogP contribution is -2.52. The van der Waals surface area contributed by atoms with Gasteiger partial charge in [0, 0.05) is 0 Å². The smallest absolute Gasteiger partial charge is 0.0548 e. The molecule has 0 aliphatic heterocycles. The van der Waals surface area contributed by atoms with Crippen LogP contribution in [-0.2, 0) is 0 Å². The highest BCUT2D eigenvalue weighted by atomic mass is 16.3. The molecule has 3 unspecified atom stereocenters. The summed E-state index contributed by atoms with van der Waals surface area (Å²) in [5.74, 6) is 1.23. The Hall–Kier alpha value is -0.300. The average Bonchev–Trinajstić information content (AvgIpc) is 2.10. The summed E-state index contributed by atoms with van der Waals surface area (Å²) in [6, 6.07) is 0. The number of hydrogen-bond acceptors (Lipinski definition) is 1. The monoisotopic (exact) mass is 180 g/mol. The Balaban J connectivity index is 2.22. The molecule has 1 nitrogen and oxygen atoms in total. The van der Waals surface area contributed by atoms with E-state index < -0.39 is 0 Å². The van der Waals surface area contributed by atoms with Crippen LogP contribution in [0.1, 0.15) is 34.1 Å². The van der Waals surface area contributed by atoms with E-state index in [0.717, 1.165) is 5.92 Å². The first-order chi connectivity index (χ1) is 5.88. The van der Waals surface area contributed by atoms with Gasteiger partial charge in [-0.1, -0.05) is 32.9 Å². The molecule has 1 fully saturated rings. The molecule has 1 heteroatoms. The van der Waals surface area contributed by atoms with E-state index in [-0.39, 0.29) is 11.5 Å². The van der Waals surface area contributed by atoms with Gasteiger partial charge in [-0.05, 0) is 36.0 Å². The van der Waals surface area contributed by atoms with Crippen molar-refractivity contribution in [3.63, 3.8) is 0 Å². The quantitative estimate of drug-likeness (QED) is 0.615. The van der Waals surface area contributed by atoms with Gasteiger partial charge in [0.25, 0.3) is 0 Å². The molecule has 0 bridgehead atoms. The van der Waals surface area contributed by atoms with E-state index in [1.165, 1.54) is 6.42 Å². The first-order valence-electron chi connectivity index (χ1n) is 5.26. The molecule has 74 valence electrons. The first kappa shape index (κ1) is 9.26. The van der Waals surface area contributed by atoms with Crippen molar-refractivity contribution in [3.05, 3.63) is 12.2 Å². The van der Waals surface area contributed by atoms with Crippen LogP contribution in [0.4, 0.5) is 0 Å². The van der Waals surface area contributed by atoms with Crippen LogP contribution in [0.15, 0.2) is 12.2 Å². The SMILES string of the molecule is CC(O)C1C[C@@H]2C(C)(C)C=CC12C. The molecular formula is C12H20O. The van der Waals surface area contributed by atoms with Gasteiger partial charge in [0.05, 0.1) is 6.10 Å². The summed E-state index contributed by atoms with van der Waals surface area (Å²) in [6.07, 6.45) is 5.70. The van der Waals surface area contributed by atoms with Crippen molar-refractivity contribution in [1.82, 2.24) is 0 Å². The van der Waals surface area contributed by atoms with Crippen molar-refractivity contribution < 1.29 is 5.11 Å². The lowest BCUT2D eigenvalue weighted by Gasteiger charge is -2.55. The van der Waals surface area contributed by atoms with Crippen molar-refractivity contribution in [2.45, 2.75) is 40.2 Å². The summed E-state index contributed by atoms with van der Waals surface area (Å²) in [5.41, 5.74) is 0.623. The molecule has 13 heavy (non-hydrogen) atoms. The minimum absolute atomic E-state index is 0.153. The lowest BCUT2D eigenvalue weighted by molar-refractivity contribution is -0.0904. The molecule has 0 radical (unpaired) electrons. The Morgan fingerprint density at radius 3 is 2.38 bits per heavy atom. The predicted octanol–water partition coefficient (Wildman–Crippen LogP) is 2.61. The summed E-state index contributed by atoms with van der Waals surface area (Å²) < 4.78 is 0. The maximum absolute atomic E-state index is 9.62. The van der Waals surface area contributed by atoms with Crippen LogP contribution < -0.4 is 0 Å². The van der Waals surface area contributed by atoms with E-state index in [0.29, 0.717) is 11.3 Å². The Labute approximate surface area is 80.8 Å². The molecule has 1 N–H and O–H groups in total. The summed E-state index contributed by atoms with van der Waals surface area (Å²) in [4.78, 5) is 0. The van der Waals surface area contributed by atoms with Crippen LogP contribution in [0, 0.1) is 22.7 Å². The zero-order valence-corrected chi connectivity index (χ0v) is 9.04. The van der Waals surface area contributed by atoms with Gasteiger partial charge >= 0.3 is 0 Å². The predicted molar refractivity (Wildman–Crippen MR) is 54.3 cm³/mol. The molecule has 1 saturated carbocycles. The fourth-order valence-corrected chi connectivity index (χ4v) is 3.43. The van der Waals surface area contributed by atoms with Gasteiger partial charge in [-0.3, -0.25) is 0 Å². The van der Waals surface area contributed by atoms with E-state index in [1.807, 2.05) is 6.92 Å². The number of fused-ring (bicyclic) bond motifs is 1. The summed E-state index contributed by atoms with van der Waals surface area (Å²) >= 11 is 0. The van der Waals surface area contributed by atoms with Crippen LogP contribution in [0.3, 0.4) is 0 Å². The molecular weight excluding hydrogens is 160 g/mol. The van der Waals surface area contributed by atoms with E-state index in [2.05, 4.69) is 32.9 Å². The molecule has 0 amide bonds. The molecule has 0 aromatic heterocycles. The number of hydrogen-bond donors (Lipinski definition) is 1. The van der Waals surface area contributed by atoms with Gasteiger partial charge in [-0.25, -0.2) is 0 Å². The molecule has 2 aliphatic rings. The van der Waals surface area contributed by atoms with Gasteiger partial charge in [0.15, 0.2) is 0 Å². The standard InChI is InChI=1S/C12H20O/c1-8(13)9-7-10-11(2,3)5-6-12(9,10)4/h5-6,8-10,13H,7H2,1-4H3/t8?,9?,10-,12?/m1/s1. The molecule has 0 saturated heterocycles. The van der Waals surface area contributed by atoms with Gasteiger partial charge in [-0.2, -0.15) is 0 Å². The largest absolute Gasteiger partial charge is 0.393 e. The fourth-order valence-electron chi connectivity index (χ4n) is 3.43. The lowest BCUT2D eigenvalue weighted by atomic mass is 9.49. The van der Waals surface area contributed by atoms with Crippen LogP contribution in [0.2, 0.25) is 0 Å². The Kier molecular flexibility index (Phi) is 1.70. The maximum atomic E-state index is 9.62. The van der Waals surface area contributed by atoms with Gasteiger partial charge in [0.2, 0.25) is 0 Å². The molecule has 0 aromatic rings. The maximum Gasteiger partial charge on any atom is 0.0548 e. The van der Waals surface area contributed by atoms with Gasteiger partial charge < -0.3 is 5.11 Å². The minimum Gasteiger partial charge on any atom is -0.393 e. The second-order valence-electron chi connectivity index (χ2n) is 5.66. The average molecular weight is 180 g/mol. The minimum atomic E-state index is -0.153. The molecule has 2 rings (SSSR count). The van der Waals surface area contributed by atoms with E-state index in [1.54, 1.807) is 0 Å². The van der Waals surface area contributed by atoms with Crippen LogP contribution >= 0.6 is 0 Å². The van der Waals surface area contributed by atoms with Crippen molar-refractivity contribution in [2.75, 3.05) is 0 Å². The molecule has 0 spiro atoms. The summed E-state index contributed by atoms with van der Waals surface area (Å²) in [7, 11) is 0. The van der Waals surface area contributed by atoms with Crippen LogP contribution in [0.5, 0.6) is 0 Å². The van der Waals surface area contributed by atoms with Crippen molar-refractivity contribution in [2.24, 2.45) is 22.7 Å². The fraction of sp³-hybridized carbons (Fsp3) is 0.833. The second-order valence-corrected chi connectivity index (χ2v) is 5.66. The zero-order valence-electron chi connectivity index (χ0n) is 9.04. The van der Waals surface area contributed by atoms with Crippen LogP contribution in [-0.4, -0.2) is 11.2 Å². The molecule has 2 aliphatic carbocycles. The summed E-state index contributed by atoms with van der Waals surface area (Å²) in [5, 5.41) is 9.62. The molecule has 0 aromatic carbocycles. The molecule has 4 atom stereocenters. The van der Waals surface area contributed by atoms with Crippen molar-refractivity contribution in [3.8, 4) is 0 Å². The van der Waals surface area contributed by atoms with Gasteiger partial charge in [-0.15, -0.1) is 0 Å². The highest BCUT2D eigenvalue weighted by Crippen LogP contribution is 2.64. The number of aliphatic hydroxyl groups is 1. The highest BCUT2D eigenvalue weighted by Gasteiger charge is 2.59. The third kappa shape index (κ3) is 1.03. The first-order valence-corrected chi connectivity index (χ1v) is 5.26. The molecule has 0 heterocycles. The zero-order chi connectivity index (χ0) is 9.85. The van der Waals surface area contributed by atoms with Crippen molar-refractivity contribution in [1.29, 1.82) is 0 Å². The van der Waals surface area contributed by atoms with E-state index in [9.17, 15) is 5.11 Å². The Bertz CT molecular complexity index is 252. The normalized spacial score (nSPS) is 48.4. The van der Waals surface area contributed by atoms with Gasteiger partial charge in [0.1, 0.15) is 0 Å². The number of aliphatic hydroxyl groups excluding tert-OH is 1. The Morgan fingerprint density at radius 2 is 1.92 bits per heavy atom. The van der Waals surface area contributed by atoms with E-state index in [4.69, 9.17) is 0 Å². The highest BCUT2D eigenvalue weighted by molar-refractivity contribution is 5.25. The third-order valence-electron chi connectivity index (χ3n) is 4.39. The van der Waals surface area contributed by atoms with Crippen LogP contribution in [0.25, 0.3) is 0 Å². The topological polar surface area (TPSA) is 20.2 Å². The third-order valence-corrected chi connectivity index (χ3v) is 4.39. The summed E-state index contributed by atoms with van der Waals surface area (Å²) in [6.45, 7) is 8.82. The second kappa shape index (κ2) is 2.38. The Morgan fingerprint density at radius 1 is 1.31 bits per heavy atom. The van der Waals surface area contributed by atoms with E-state index >= 15 is 0 Å².